The first kappa shape index (κ1) is 38.7. The van der Waals surface area contributed by atoms with E-state index < -0.39 is 0 Å². The Morgan fingerprint density at radius 3 is 2.11 bits per heavy atom. The van der Waals surface area contributed by atoms with Gasteiger partial charge in [-0.25, -0.2) is 9.98 Å². The number of aliphatic imine (C=N–C) groups is 4. The van der Waals surface area contributed by atoms with Crippen LogP contribution in [0.4, 0.5) is 5.69 Å². The summed E-state index contributed by atoms with van der Waals surface area (Å²) >= 11 is 3.65. The Morgan fingerprint density at radius 2 is 1.34 bits per heavy atom. The van der Waals surface area contributed by atoms with Crippen molar-refractivity contribution in [3.63, 3.8) is 0 Å². The first-order valence-corrected chi connectivity index (χ1v) is 21.9. The second-order valence-electron chi connectivity index (χ2n) is 14.7. The van der Waals surface area contributed by atoms with Crippen molar-refractivity contribution in [1.29, 1.82) is 0 Å². The van der Waals surface area contributed by atoms with E-state index in [4.69, 9.17) is 19.4 Å². The van der Waals surface area contributed by atoms with Gasteiger partial charge < -0.3 is 9.73 Å². The molecule has 1 aliphatic heterocycles. The quantitative estimate of drug-likeness (QED) is 0.0986. The van der Waals surface area contributed by atoms with Gasteiger partial charge in [-0.15, -0.1) is 22.7 Å². The van der Waals surface area contributed by atoms with Gasteiger partial charge in [0.25, 0.3) is 0 Å². The number of hydrogen-bond donors (Lipinski definition) is 1. The molecule has 7 aromatic carbocycles. The van der Waals surface area contributed by atoms with Crippen molar-refractivity contribution in [3.05, 3.63) is 222 Å². The first-order valence-electron chi connectivity index (χ1n) is 20.3. The van der Waals surface area contributed by atoms with Gasteiger partial charge >= 0.3 is 0 Å². The Kier molecular flexibility index (Phi) is 10.5. The van der Waals surface area contributed by atoms with Crippen LogP contribution in [0.1, 0.15) is 38.7 Å². The molecule has 8 heteroatoms. The van der Waals surface area contributed by atoms with Crippen molar-refractivity contribution in [1.82, 2.24) is 0 Å². The summed E-state index contributed by atoms with van der Waals surface area (Å²) < 4.78 is 10.4. The molecule has 11 rings (SSSR count). The van der Waals surface area contributed by atoms with Gasteiger partial charge in [0.05, 0.1) is 17.1 Å². The predicted molar refractivity (Wildman–Crippen MR) is 266 cm³/mol. The number of thiophene rings is 2. The van der Waals surface area contributed by atoms with E-state index in [1.165, 1.54) is 40.7 Å². The molecule has 1 atom stereocenters. The van der Waals surface area contributed by atoms with Gasteiger partial charge in [-0.3, -0.25) is 9.98 Å². The highest BCUT2D eigenvalue weighted by molar-refractivity contribution is 7.25. The Balaban J connectivity index is 0.00000110. The van der Waals surface area contributed by atoms with E-state index in [1.807, 2.05) is 83.3 Å². The van der Waals surface area contributed by atoms with Crippen molar-refractivity contribution < 1.29 is 4.42 Å². The number of benzene rings is 7. The maximum Gasteiger partial charge on any atom is 0.161 e. The molecule has 1 aliphatic rings. The smallest absolute Gasteiger partial charge is 0.161 e. The molecule has 1 unspecified atom stereocenters. The topological polar surface area (TPSA) is 74.6 Å². The maximum atomic E-state index is 6.65. The Bertz CT molecular complexity index is 3420. The summed E-state index contributed by atoms with van der Waals surface area (Å²) in [7, 11) is 0. The zero-order valence-corrected chi connectivity index (χ0v) is 35.3. The van der Waals surface area contributed by atoms with E-state index in [1.54, 1.807) is 12.2 Å². The molecular weight excluding hydrogens is 799 g/mol. The van der Waals surface area contributed by atoms with E-state index in [0.29, 0.717) is 18.2 Å². The van der Waals surface area contributed by atoms with E-state index in [2.05, 4.69) is 133 Å². The van der Waals surface area contributed by atoms with E-state index >= 15 is 0 Å². The fourth-order valence-electron chi connectivity index (χ4n) is 7.98. The Labute approximate surface area is 367 Å². The molecule has 0 saturated heterocycles. The fraction of sp³-hybridized carbons (Fsp3) is 0.0370. The number of hydrogen-bond acceptors (Lipinski definition) is 6. The van der Waals surface area contributed by atoms with E-state index in [9.17, 15) is 0 Å². The predicted octanol–water partition coefficient (Wildman–Crippen LogP) is 14.6. The highest BCUT2D eigenvalue weighted by Gasteiger charge is 2.29. The molecule has 1 N–H and O–H groups in total. The average molecular weight is 838 g/mol. The minimum Gasteiger partial charge on any atom is -0.456 e. The zero-order valence-electron chi connectivity index (χ0n) is 33.7. The molecule has 0 saturated carbocycles. The summed E-state index contributed by atoms with van der Waals surface area (Å²) in [6.45, 7) is 11.0. The highest BCUT2D eigenvalue weighted by atomic mass is 32.1. The summed E-state index contributed by atoms with van der Waals surface area (Å²) in [5.41, 5.74) is 7.54. The van der Waals surface area contributed by atoms with Crippen molar-refractivity contribution in [2.75, 3.05) is 5.32 Å². The van der Waals surface area contributed by atoms with Crippen LogP contribution in [0.5, 0.6) is 0 Å². The number of amidine groups is 3. The summed E-state index contributed by atoms with van der Waals surface area (Å²) in [6.07, 6.45) is 3.28. The number of anilines is 1. The molecule has 4 heterocycles. The van der Waals surface area contributed by atoms with Gasteiger partial charge in [-0.1, -0.05) is 153 Å². The van der Waals surface area contributed by atoms with Crippen molar-refractivity contribution in [2.24, 2.45) is 20.0 Å². The largest absolute Gasteiger partial charge is 0.456 e. The third kappa shape index (κ3) is 7.25. The number of furan rings is 1. The third-order valence-electron chi connectivity index (χ3n) is 10.9. The highest BCUT2D eigenvalue weighted by Crippen LogP contribution is 2.47. The SMILES string of the molecule is C=CC=C.C=NC(=NC(=NCc1ccccc1)c1cccc2oc3cc(C4=NC(c5ccc6c(c5)sc5ccccc56)c5sc6ccccc6c5N4)ccc3c12)c1ccccc1. The van der Waals surface area contributed by atoms with Crippen LogP contribution in [-0.4, -0.2) is 24.2 Å². The average Bonchev–Trinajstić information content (AvgIpc) is 4.03. The lowest BCUT2D eigenvalue weighted by Crippen LogP contribution is -2.21. The molecule has 298 valence electrons. The van der Waals surface area contributed by atoms with Gasteiger partial charge in [-0.2, -0.15) is 0 Å². The molecule has 10 aromatic rings. The summed E-state index contributed by atoms with van der Waals surface area (Å²) in [5, 5.41) is 9.45. The second kappa shape index (κ2) is 16.9. The van der Waals surface area contributed by atoms with Gasteiger partial charge in [-0.05, 0) is 54.2 Å². The maximum absolute atomic E-state index is 6.65. The molecule has 0 aliphatic carbocycles. The van der Waals surface area contributed by atoms with Crippen LogP contribution in [0.2, 0.25) is 0 Å². The van der Waals surface area contributed by atoms with Crippen molar-refractivity contribution in [2.45, 2.75) is 12.6 Å². The van der Waals surface area contributed by atoms with Gasteiger partial charge in [0, 0.05) is 57.7 Å². The number of nitrogens with zero attached hydrogens (tertiary/aromatic N) is 4. The summed E-state index contributed by atoms with van der Waals surface area (Å²) in [6, 6.07) is 56.4. The van der Waals surface area contributed by atoms with Crippen molar-refractivity contribution in [3.8, 4) is 0 Å². The van der Waals surface area contributed by atoms with Crippen LogP contribution >= 0.6 is 22.7 Å². The minimum absolute atomic E-state index is 0.172. The molecule has 0 spiro atoms. The molecule has 6 nitrogen and oxygen atoms in total. The first-order chi connectivity index (χ1) is 30.6. The lowest BCUT2D eigenvalue weighted by molar-refractivity contribution is 0.669. The summed E-state index contributed by atoms with van der Waals surface area (Å²) in [5.74, 6) is 1.86. The van der Waals surface area contributed by atoms with E-state index in [-0.39, 0.29) is 6.04 Å². The molecule has 0 fully saturated rings. The second-order valence-corrected chi connectivity index (χ2v) is 16.9. The molecule has 62 heavy (non-hydrogen) atoms. The summed E-state index contributed by atoms with van der Waals surface area (Å²) in [4.78, 5) is 21.2. The number of fused-ring (bicyclic) bond motifs is 9. The molecule has 0 amide bonds. The molecule has 0 radical (unpaired) electrons. The van der Waals surface area contributed by atoms with Crippen LogP contribution in [0.3, 0.4) is 0 Å². The normalized spacial score (nSPS) is 14.0. The molecule has 0 bridgehead atoms. The number of nitrogens with one attached hydrogen (secondary N) is 1. The standard InChI is InChI=1S/C50H33N5OS2.C4H6/c1-51-48(31-15-6-3-7-16-31)55-50(52-29-30-13-4-2-5-14-30)38-19-12-20-39-44(38)36-26-24-33(27-40(36)56-39)49-53-45(47-46(54-49)37-18-9-11-22-42(37)58-47)32-23-25-35-34-17-8-10-21-41(34)57-43(35)28-32;1-3-4-2/h2-28,45H,1,29H2,(H,53,54);3-4H,1-2H2. The zero-order chi connectivity index (χ0) is 42.0. The third-order valence-corrected chi connectivity index (χ3v) is 13.3. The lowest BCUT2D eigenvalue weighted by atomic mass is 9.99. The monoisotopic (exact) mass is 837 g/mol. The minimum atomic E-state index is -0.172. The van der Waals surface area contributed by atoms with Crippen LogP contribution in [-0.2, 0) is 6.54 Å². The van der Waals surface area contributed by atoms with Crippen LogP contribution in [0.25, 0.3) is 52.2 Å². The van der Waals surface area contributed by atoms with Crippen LogP contribution in [0.15, 0.2) is 213 Å². The van der Waals surface area contributed by atoms with Crippen molar-refractivity contribution >= 4 is 105 Å². The Morgan fingerprint density at radius 1 is 0.645 bits per heavy atom. The number of rotatable bonds is 7. The number of allylic oxidation sites excluding steroid dienone is 2. The lowest BCUT2D eigenvalue weighted by Gasteiger charge is -2.23. The molecular formula is C54H39N5OS2. The van der Waals surface area contributed by atoms with Crippen LogP contribution < -0.4 is 5.32 Å². The van der Waals surface area contributed by atoms with Crippen LogP contribution in [0, 0.1) is 0 Å². The Hall–Kier alpha value is -7.52. The molecule has 3 aromatic heterocycles. The fourth-order valence-corrected chi connectivity index (χ4v) is 10.4. The van der Waals surface area contributed by atoms with Gasteiger partial charge in [0.2, 0.25) is 0 Å². The van der Waals surface area contributed by atoms with Gasteiger partial charge in [0.1, 0.15) is 23.0 Å². The van der Waals surface area contributed by atoms with E-state index in [0.717, 1.165) is 55.7 Å². The van der Waals surface area contributed by atoms with Gasteiger partial charge in [0.15, 0.2) is 11.7 Å².